The first-order valence-corrected chi connectivity index (χ1v) is 11.3. The Bertz CT molecular complexity index is 1030. The molecule has 30 heavy (non-hydrogen) atoms. The quantitative estimate of drug-likeness (QED) is 0.553. The Morgan fingerprint density at radius 1 is 1.13 bits per heavy atom. The molecule has 1 fully saturated rings. The van der Waals surface area contributed by atoms with Gasteiger partial charge >= 0.3 is 0 Å². The molecule has 1 saturated heterocycles. The number of non-ortho nitro benzene ring substituents is 1. The molecule has 0 radical (unpaired) electrons. The maximum Gasteiger partial charge on any atom is 0.271 e. The normalized spacial score (nSPS) is 15.8. The topological polar surface area (TPSA) is 110 Å². The first-order valence-electron chi connectivity index (χ1n) is 9.84. The van der Waals surface area contributed by atoms with Gasteiger partial charge in [-0.05, 0) is 42.5 Å². The second kappa shape index (κ2) is 8.93. The minimum Gasteiger partial charge on any atom is -0.326 e. The van der Waals surface area contributed by atoms with Crippen molar-refractivity contribution in [2.24, 2.45) is 5.92 Å². The zero-order chi connectivity index (χ0) is 21.9. The molecule has 2 aromatic carbocycles. The van der Waals surface area contributed by atoms with Crippen molar-refractivity contribution in [3.05, 3.63) is 64.2 Å². The standard InChI is InChI=1S/C21H25N3O5S/c1-15(2)16-6-8-20(9-7-16)30(28,29)23-12-10-17(11-13-23)21(25)22-18-4-3-5-19(14-18)24(26)27/h3-9,14-15,17H,10-13H2,1-2H3,(H,22,25). The number of nitro groups is 1. The number of piperidine rings is 1. The molecule has 0 saturated carbocycles. The minimum atomic E-state index is -3.60. The van der Waals surface area contributed by atoms with Crippen LogP contribution in [0, 0.1) is 16.0 Å². The highest BCUT2D eigenvalue weighted by Crippen LogP contribution is 2.26. The van der Waals surface area contributed by atoms with Gasteiger partial charge in [0.1, 0.15) is 0 Å². The van der Waals surface area contributed by atoms with E-state index in [4.69, 9.17) is 0 Å². The van der Waals surface area contributed by atoms with Crippen LogP contribution in [-0.2, 0) is 14.8 Å². The van der Waals surface area contributed by atoms with E-state index in [1.54, 1.807) is 18.2 Å². The van der Waals surface area contributed by atoms with E-state index in [0.29, 0.717) is 24.4 Å². The third kappa shape index (κ3) is 4.85. The fraction of sp³-hybridized carbons (Fsp3) is 0.381. The smallest absolute Gasteiger partial charge is 0.271 e. The third-order valence-electron chi connectivity index (χ3n) is 5.33. The lowest BCUT2D eigenvalue weighted by atomic mass is 9.97. The van der Waals surface area contributed by atoms with Gasteiger partial charge in [-0.25, -0.2) is 8.42 Å². The lowest BCUT2D eigenvalue weighted by Crippen LogP contribution is -2.41. The lowest BCUT2D eigenvalue weighted by molar-refractivity contribution is -0.384. The van der Waals surface area contributed by atoms with Crippen molar-refractivity contribution in [2.75, 3.05) is 18.4 Å². The van der Waals surface area contributed by atoms with Crippen molar-refractivity contribution < 1.29 is 18.1 Å². The highest BCUT2D eigenvalue weighted by atomic mass is 32.2. The second-order valence-electron chi connectivity index (χ2n) is 7.70. The molecule has 0 aromatic heterocycles. The van der Waals surface area contributed by atoms with Gasteiger partial charge in [-0.2, -0.15) is 4.31 Å². The van der Waals surface area contributed by atoms with Gasteiger partial charge in [0, 0.05) is 36.8 Å². The Labute approximate surface area is 176 Å². The summed E-state index contributed by atoms with van der Waals surface area (Å²) in [5.41, 5.74) is 1.33. The Morgan fingerprint density at radius 3 is 2.33 bits per heavy atom. The number of nitro benzene ring substituents is 1. The van der Waals surface area contributed by atoms with Gasteiger partial charge in [-0.1, -0.05) is 32.0 Å². The Kier molecular flexibility index (Phi) is 6.52. The van der Waals surface area contributed by atoms with E-state index in [2.05, 4.69) is 5.32 Å². The highest BCUT2D eigenvalue weighted by Gasteiger charge is 2.32. The number of rotatable bonds is 6. The molecule has 8 nitrogen and oxygen atoms in total. The predicted molar refractivity (Wildman–Crippen MR) is 114 cm³/mol. The molecular weight excluding hydrogens is 406 g/mol. The van der Waals surface area contributed by atoms with Crippen molar-refractivity contribution >= 4 is 27.3 Å². The number of nitrogens with zero attached hydrogens (tertiary/aromatic N) is 2. The number of anilines is 1. The molecule has 1 amide bonds. The van der Waals surface area contributed by atoms with E-state index < -0.39 is 14.9 Å². The summed E-state index contributed by atoms with van der Waals surface area (Å²) in [5.74, 6) is -0.282. The Hall–Kier alpha value is -2.78. The number of benzene rings is 2. The monoisotopic (exact) mass is 431 g/mol. The van der Waals surface area contributed by atoms with Crippen LogP contribution in [0.5, 0.6) is 0 Å². The van der Waals surface area contributed by atoms with Gasteiger partial charge in [0.05, 0.1) is 9.82 Å². The molecule has 1 heterocycles. The molecule has 1 aliphatic heterocycles. The van der Waals surface area contributed by atoms with Gasteiger partial charge < -0.3 is 5.32 Å². The van der Waals surface area contributed by atoms with Gasteiger partial charge in [0.15, 0.2) is 0 Å². The number of carbonyl (C=O) groups excluding carboxylic acids is 1. The summed E-state index contributed by atoms with van der Waals surface area (Å²) >= 11 is 0. The number of hydrogen-bond acceptors (Lipinski definition) is 5. The maximum absolute atomic E-state index is 12.9. The van der Waals surface area contributed by atoms with E-state index in [-0.39, 0.29) is 35.5 Å². The minimum absolute atomic E-state index is 0.0998. The first kappa shape index (κ1) is 21.9. The van der Waals surface area contributed by atoms with Crippen molar-refractivity contribution in [3.8, 4) is 0 Å². The van der Waals surface area contributed by atoms with Gasteiger partial charge in [-0.3, -0.25) is 14.9 Å². The largest absolute Gasteiger partial charge is 0.326 e. The van der Waals surface area contributed by atoms with Crippen LogP contribution in [0.4, 0.5) is 11.4 Å². The number of carbonyl (C=O) groups is 1. The Morgan fingerprint density at radius 2 is 1.77 bits per heavy atom. The molecule has 0 atom stereocenters. The van der Waals surface area contributed by atoms with E-state index in [0.717, 1.165) is 5.56 Å². The number of nitrogens with one attached hydrogen (secondary N) is 1. The maximum atomic E-state index is 12.9. The van der Waals surface area contributed by atoms with Crippen molar-refractivity contribution in [2.45, 2.75) is 37.5 Å². The Balaban J connectivity index is 1.61. The van der Waals surface area contributed by atoms with Gasteiger partial charge in [-0.15, -0.1) is 0 Å². The van der Waals surface area contributed by atoms with E-state index in [1.165, 1.54) is 22.5 Å². The summed E-state index contributed by atoms with van der Waals surface area (Å²) in [6.45, 7) is 4.60. The predicted octanol–water partition coefficient (Wildman–Crippen LogP) is 3.76. The fourth-order valence-corrected chi connectivity index (χ4v) is 4.94. The van der Waals surface area contributed by atoms with Crippen LogP contribution in [0.1, 0.15) is 38.2 Å². The van der Waals surface area contributed by atoms with Crippen LogP contribution < -0.4 is 5.32 Å². The summed E-state index contributed by atoms with van der Waals surface area (Å²) in [6, 6.07) is 12.7. The number of amides is 1. The molecular formula is C21H25N3O5S. The van der Waals surface area contributed by atoms with E-state index in [9.17, 15) is 23.3 Å². The zero-order valence-corrected chi connectivity index (χ0v) is 17.8. The van der Waals surface area contributed by atoms with Crippen LogP contribution >= 0.6 is 0 Å². The molecule has 0 spiro atoms. The van der Waals surface area contributed by atoms with Gasteiger partial charge in [0.25, 0.3) is 5.69 Å². The van der Waals surface area contributed by atoms with E-state index in [1.807, 2.05) is 26.0 Å². The molecule has 0 bridgehead atoms. The molecule has 160 valence electrons. The summed E-state index contributed by atoms with van der Waals surface area (Å²) in [5, 5.41) is 13.6. The molecule has 9 heteroatoms. The van der Waals surface area contributed by atoms with Crippen LogP contribution in [0.3, 0.4) is 0 Å². The summed E-state index contributed by atoms with van der Waals surface area (Å²) in [4.78, 5) is 23.1. The molecule has 2 aromatic rings. The van der Waals surface area contributed by atoms with E-state index >= 15 is 0 Å². The zero-order valence-electron chi connectivity index (χ0n) is 16.9. The summed E-state index contributed by atoms with van der Waals surface area (Å²) < 4.78 is 27.2. The van der Waals surface area contributed by atoms with Gasteiger partial charge in [0.2, 0.25) is 15.9 Å². The average molecular weight is 432 g/mol. The van der Waals surface area contributed by atoms with Crippen LogP contribution in [0.2, 0.25) is 0 Å². The van der Waals surface area contributed by atoms with Crippen molar-refractivity contribution in [3.63, 3.8) is 0 Å². The average Bonchev–Trinajstić information content (AvgIpc) is 2.74. The van der Waals surface area contributed by atoms with Crippen LogP contribution in [0.15, 0.2) is 53.4 Å². The molecule has 1 N–H and O–H groups in total. The highest BCUT2D eigenvalue weighted by molar-refractivity contribution is 7.89. The third-order valence-corrected chi connectivity index (χ3v) is 7.25. The molecule has 1 aliphatic rings. The molecule has 0 unspecified atom stereocenters. The number of hydrogen-bond donors (Lipinski definition) is 1. The number of sulfonamides is 1. The molecule has 3 rings (SSSR count). The SMILES string of the molecule is CC(C)c1ccc(S(=O)(=O)N2CCC(C(=O)Nc3cccc([N+](=O)[O-])c3)CC2)cc1. The van der Waals surface area contributed by atoms with Crippen LogP contribution in [-0.4, -0.2) is 36.6 Å². The van der Waals surface area contributed by atoms with Crippen molar-refractivity contribution in [1.29, 1.82) is 0 Å². The molecule has 0 aliphatic carbocycles. The second-order valence-corrected chi connectivity index (χ2v) is 9.64. The van der Waals surface area contributed by atoms with Crippen LogP contribution in [0.25, 0.3) is 0 Å². The fourth-order valence-electron chi connectivity index (χ4n) is 3.47. The lowest BCUT2D eigenvalue weighted by Gasteiger charge is -2.30. The first-order chi connectivity index (χ1) is 14.2. The summed E-state index contributed by atoms with van der Waals surface area (Å²) in [7, 11) is -3.60. The van der Waals surface area contributed by atoms with Crippen molar-refractivity contribution in [1.82, 2.24) is 4.31 Å². The summed E-state index contributed by atoms with van der Waals surface area (Å²) in [6.07, 6.45) is 0.786.